The first-order chi connectivity index (χ1) is 11.5. The Morgan fingerprint density at radius 2 is 1.75 bits per heavy atom. The van der Waals surface area contributed by atoms with Gasteiger partial charge in [-0.3, -0.25) is 19.3 Å². The number of benzene rings is 1. The van der Waals surface area contributed by atoms with Crippen molar-refractivity contribution in [3.05, 3.63) is 42.0 Å². The number of likely N-dealkylation sites (tertiary alicyclic amines) is 1. The SMILES string of the molecule is O=C(CCN1C(=O)[C@H]2CC=CC[C@@H]2C1=O)Nc1ccc(F)cc1F. The number of amides is 3. The summed E-state index contributed by atoms with van der Waals surface area (Å²) in [5.74, 6) is -3.34. The fraction of sp³-hybridized carbons (Fsp3) is 0.353. The number of nitrogens with one attached hydrogen (secondary N) is 1. The quantitative estimate of drug-likeness (QED) is 0.678. The Morgan fingerprint density at radius 1 is 1.12 bits per heavy atom. The van der Waals surface area contributed by atoms with Crippen LogP contribution in [0, 0.1) is 23.5 Å². The van der Waals surface area contributed by atoms with Gasteiger partial charge in [-0.15, -0.1) is 0 Å². The number of imide groups is 1. The summed E-state index contributed by atoms with van der Waals surface area (Å²) >= 11 is 0. The van der Waals surface area contributed by atoms with Crippen molar-refractivity contribution in [1.29, 1.82) is 0 Å². The Morgan fingerprint density at radius 3 is 2.33 bits per heavy atom. The van der Waals surface area contributed by atoms with E-state index in [-0.39, 0.29) is 42.3 Å². The average molecular weight is 334 g/mol. The molecule has 0 bridgehead atoms. The number of hydrogen-bond donors (Lipinski definition) is 1. The lowest BCUT2D eigenvalue weighted by Crippen LogP contribution is -2.34. The van der Waals surface area contributed by atoms with Crippen LogP contribution in [0.15, 0.2) is 30.4 Å². The number of allylic oxidation sites excluding steroid dienone is 2. The van der Waals surface area contributed by atoms with Crippen molar-refractivity contribution in [2.24, 2.45) is 11.8 Å². The third-order valence-corrected chi connectivity index (χ3v) is 4.37. The Kier molecular flexibility index (Phi) is 4.42. The van der Waals surface area contributed by atoms with Crippen LogP contribution in [0.5, 0.6) is 0 Å². The largest absolute Gasteiger partial charge is 0.324 e. The lowest BCUT2D eigenvalue weighted by molar-refractivity contribution is -0.140. The highest BCUT2D eigenvalue weighted by Crippen LogP contribution is 2.35. The van der Waals surface area contributed by atoms with E-state index in [9.17, 15) is 23.2 Å². The van der Waals surface area contributed by atoms with Crippen molar-refractivity contribution >= 4 is 23.4 Å². The Balaban J connectivity index is 1.58. The fourth-order valence-corrected chi connectivity index (χ4v) is 3.11. The molecule has 3 rings (SSSR count). The summed E-state index contributed by atoms with van der Waals surface area (Å²) in [5.41, 5.74) is -0.140. The van der Waals surface area contributed by atoms with Crippen molar-refractivity contribution < 1.29 is 23.2 Å². The highest BCUT2D eigenvalue weighted by Gasteiger charge is 2.46. The minimum Gasteiger partial charge on any atom is -0.324 e. The molecule has 0 radical (unpaired) electrons. The molecule has 5 nitrogen and oxygen atoms in total. The van der Waals surface area contributed by atoms with Gasteiger partial charge in [-0.1, -0.05) is 12.2 Å². The second kappa shape index (κ2) is 6.51. The molecule has 1 heterocycles. The summed E-state index contributed by atoms with van der Waals surface area (Å²) in [5, 5.41) is 2.31. The second-order valence-electron chi connectivity index (χ2n) is 5.91. The molecule has 24 heavy (non-hydrogen) atoms. The van der Waals surface area contributed by atoms with Gasteiger partial charge in [0.2, 0.25) is 17.7 Å². The number of nitrogens with zero attached hydrogens (tertiary/aromatic N) is 1. The number of rotatable bonds is 4. The number of halogens is 2. The molecule has 0 spiro atoms. The summed E-state index contributed by atoms with van der Waals surface area (Å²) in [7, 11) is 0. The molecule has 2 aliphatic rings. The molecule has 1 aromatic rings. The molecular weight excluding hydrogens is 318 g/mol. The van der Waals surface area contributed by atoms with Crippen molar-refractivity contribution in [3.8, 4) is 0 Å². The van der Waals surface area contributed by atoms with E-state index in [1.165, 1.54) is 0 Å². The first-order valence-electron chi connectivity index (χ1n) is 7.72. The summed E-state index contributed by atoms with van der Waals surface area (Å²) < 4.78 is 26.3. The Bertz CT molecular complexity index is 707. The lowest BCUT2D eigenvalue weighted by atomic mass is 9.85. The van der Waals surface area contributed by atoms with Gasteiger partial charge in [-0.05, 0) is 25.0 Å². The van der Waals surface area contributed by atoms with Crippen LogP contribution < -0.4 is 5.32 Å². The van der Waals surface area contributed by atoms with Crippen LogP contribution >= 0.6 is 0 Å². The predicted octanol–water partition coefficient (Wildman–Crippen LogP) is 2.24. The molecule has 1 fully saturated rings. The van der Waals surface area contributed by atoms with Gasteiger partial charge in [0.05, 0.1) is 17.5 Å². The van der Waals surface area contributed by atoms with Crippen molar-refractivity contribution in [2.75, 3.05) is 11.9 Å². The maximum atomic E-state index is 13.5. The average Bonchev–Trinajstić information content (AvgIpc) is 2.80. The first-order valence-corrected chi connectivity index (χ1v) is 7.72. The third kappa shape index (κ3) is 3.06. The zero-order valence-electron chi connectivity index (χ0n) is 12.8. The van der Waals surface area contributed by atoms with E-state index in [1.807, 2.05) is 12.2 Å². The summed E-state index contributed by atoms with van der Waals surface area (Å²) in [6, 6.07) is 2.82. The molecule has 0 saturated carbocycles. The first kappa shape index (κ1) is 16.3. The van der Waals surface area contributed by atoms with E-state index >= 15 is 0 Å². The standard InChI is InChI=1S/C17H16F2N2O3/c18-10-5-6-14(13(19)9-10)20-15(22)7-8-21-16(23)11-3-1-2-4-12(11)17(21)24/h1-2,5-6,9,11-12H,3-4,7-8H2,(H,20,22)/t11-,12-/m0/s1. The fourth-order valence-electron chi connectivity index (χ4n) is 3.11. The number of hydrogen-bond acceptors (Lipinski definition) is 3. The monoisotopic (exact) mass is 334 g/mol. The number of fused-ring (bicyclic) bond motifs is 1. The zero-order chi connectivity index (χ0) is 17.3. The summed E-state index contributed by atoms with van der Waals surface area (Å²) in [6.45, 7) is -0.0423. The van der Waals surface area contributed by atoms with Gasteiger partial charge in [0.15, 0.2) is 0 Å². The van der Waals surface area contributed by atoms with Gasteiger partial charge in [0, 0.05) is 19.0 Å². The molecule has 0 unspecified atom stereocenters. The van der Waals surface area contributed by atoms with Crippen LogP contribution in [0.3, 0.4) is 0 Å². The summed E-state index contributed by atoms with van der Waals surface area (Å²) in [6.07, 6.45) is 4.72. The molecule has 1 saturated heterocycles. The third-order valence-electron chi connectivity index (χ3n) is 4.37. The molecule has 2 atom stereocenters. The van der Waals surface area contributed by atoms with E-state index < -0.39 is 17.5 Å². The van der Waals surface area contributed by atoms with Gasteiger partial charge < -0.3 is 5.32 Å². The lowest BCUT2D eigenvalue weighted by Gasteiger charge is -2.14. The van der Waals surface area contributed by atoms with Crippen LogP contribution in [0.25, 0.3) is 0 Å². The van der Waals surface area contributed by atoms with Crippen LogP contribution in [0.1, 0.15) is 19.3 Å². The van der Waals surface area contributed by atoms with Gasteiger partial charge in [-0.2, -0.15) is 0 Å². The van der Waals surface area contributed by atoms with Gasteiger partial charge in [-0.25, -0.2) is 8.78 Å². The van der Waals surface area contributed by atoms with Gasteiger partial charge in [0.1, 0.15) is 11.6 Å². The molecule has 1 aliphatic heterocycles. The second-order valence-corrected chi connectivity index (χ2v) is 5.91. The van der Waals surface area contributed by atoms with Crippen molar-refractivity contribution in [2.45, 2.75) is 19.3 Å². The van der Waals surface area contributed by atoms with Crippen LogP contribution in [-0.4, -0.2) is 29.2 Å². The number of carbonyl (C=O) groups excluding carboxylic acids is 3. The number of carbonyl (C=O) groups is 3. The maximum Gasteiger partial charge on any atom is 0.233 e. The molecule has 7 heteroatoms. The predicted molar refractivity (Wildman–Crippen MR) is 81.7 cm³/mol. The molecule has 0 aromatic heterocycles. The molecule has 126 valence electrons. The smallest absolute Gasteiger partial charge is 0.233 e. The van der Waals surface area contributed by atoms with E-state index in [0.717, 1.165) is 17.0 Å². The molecule has 1 aromatic carbocycles. The van der Waals surface area contributed by atoms with Crippen LogP contribution in [0.2, 0.25) is 0 Å². The maximum absolute atomic E-state index is 13.5. The number of anilines is 1. The Hall–Kier alpha value is -2.57. The molecular formula is C17H16F2N2O3. The van der Waals surface area contributed by atoms with E-state index in [2.05, 4.69) is 5.32 Å². The summed E-state index contributed by atoms with van der Waals surface area (Å²) in [4.78, 5) is 37.5. The van der Waals surface area contributed by atoms with Gasteiger partial charge in [0.25, 0.3) is 0 Å². The normalized spacial score (nSPS) is 22.7. The van der Waals surface area contributed by atoms with Crippen LogP contribution in [-0.2, 0) is 14.4 Å². The van der Waals surface area contributed by atoms with E-state index in [4.69, 9.17) is 0 Å². The highest BCUT2D eigenvalue weighted by molar-refractivity contribution is 6.05. The minimum absolute atomic E-state index is 0.0423. The molecule has 1 aliphatic carbocycles. The highest BCUT2D eigenvalue weighted by atomic mass is 19.1. The molecule has 3 amide bonds. The minimum atomic E-state index is -0.881. The van der Waals surface area contributed by atoms with Crippen molar-refractivity contribution in [3.63, 3.8) is 0 Å². The van der Waals surface area contributed by atoms with E-state index in [1.54, 1.807) is 0 Å². The zero-order valence-corrected chi connectivity index (χ0v) is 12.8. The van der Waals surface area contributed by atoms with Crippen LogP contribution in [0.4, 0.5) is 14.5 Å². The molecule has 1 N–H and O–H groups in total. The van der Waals surface area contributed by atoms with Crippen molar-refractivity contribution in [1.82, 2.24) is 4.90 Å². The Labute approximate surface area is 137 Å². The topological polar surface area (TPSA) is 66.5 Å². The van der Waals surface area contributed by atoms with Gasteiger partial charge >= 0.3 is 0 Å². The van der Waals surface area contributed by atoms with E-state index in [0.29, 0.717) is 18.9 Å².